The number of phenols is 1. The smallest absolute Gasteiger partial charge is 0.417 e. The zero-order valence-electron chi connectivity index (χ0n) is 12.0. The fraction of sp³-hybridized carbons (Fsp3) is 0.0714. The van der Waals surface area contributed by atoms with Crippen LogP contribution in [0.25, 0.3) is 0 Å². The van der Waals surface area contributed by atoms with Crippen LogP contribution in [0.1, 0.15) is 15.9 Å². The molecule has 0 aliphatic heterocycles. The molecular weight excluding hydrogens is 387 g/mol. The highest BCUT2D eigenvalue weighted by atomic mass is 35.5. The molecule has 0 aliphatic rings. The fourth-order valence-corrected chi connectivity index (χ4v) is 3.18. The van der Waals surface area contributed by atoms with Crippen LogP contribution >= 0.6 is 11.6 Å². The molecule has 0 aromatic heterocycles. The summed E-state index contributed by atoms with van der Waals surface area (Å²) in [6, 6.07) is 4.85. The van der Waals surface area contributed by atoms with Gasteiger partial charge in [0.15, 0.2) is 0 Å². The third-order valence-corrected chi connectivity index (χ3v) is 4.74. The van der Waals surface area contributed by atoms with Gasteiger partial charge in [0.2, 0.25) is 0 Å². The lowest BCUT2D eigenvalue weighted by Crippen LogP contribution is -2.15. The molecule has 3 N–H and O–H groups in total. The van der Waals surface area contributed by atoms with Gasteiger partial charge in [0, 0.05) is 6.07 Å². The maximum Gasteiger partial charge on any atom is 0.417 e. The number of carboxylic acid groups (broad SMARTS) is 1. The number of nitrogens with one attached hydrogen (secondary N) is 1. The Hall–Kier alpha value is -2.46. The largest absolute Gasteiger partial charge is 0.507 e. The van der Waals surface area contributed by atoms with Gasteiger partial charge >= 0.3 is 12.1 Å². The first-order chi connectivity index (χ1) is 11.4. The van der Waals surface area contributed by atoms with Gasteiger partial charge in [0.05, 0.1) is 21.2 Å². The van der Waals surface area contributed by atoms with E-state index in [4.69, 9.17) is 16.7 Å². The minimum atomic E-state index is -4.84. The predicted octanol–water partition coefficient (Wildman–Crippen LogP) is 3.56. The van der Waals surface area contributed by atoms with Crippen molar-refractivity contribution in [3.63, 3.8) is 0 Å². The topological polar surface area (TPSA) is 104 Å². The fourth-order valence-electron chi connectivity index (χ4n) is 1.88. The number of hydrogen-bond donors (Lipinski definition) is 3. The summed E-state index contributed by atoms with van der Waals surface area (Å²) in [5, 5.41) is 17.7. The van der Waals surface area contributed by atoms with Crippen LogP contribution in [0.3, 0.4) is 0 Å². The normalized spacial score (nSPS) is 12.0. The van der Waals surface area contributed by atoms with Crippen molar-refractivity contribution < 1.29 is 36.6 Å². The van der Waals surface area contributed by atoms with Crippen LogP contribution in [0, 0.1) is 0 Å². The maximum absolute atomic E-state index is 12.8. The van der Waals surface area contributed by atoms with E-state index < -0.39 is 49.0 Å². The summed E-state index contributed by atoms with van der Waals surface area (Å²) in [5.74, 6) is -2.14. The molecule has 0 amide bonds. The Labute approximate surface area is 144 Å². The van der Waals surface area contributed by atoms with Crippen LogP contribution in [0.4, 0.5) is 18.9 Å². The highest BCUT2D eigenvalue weighted by molar-refractivity contribution is 7.92. The van der Waals surface area contributed by atoms with E-state index in [-0.39, 0.29) is 5.69 Å². The molecule has 0 saturated carbocycles. The van der Waals surface area contributed by atoms with Gasteiger partial charge in [0.1, 0.15) is 11.3 Å². The Morgan fingerprint density at radius 1 is 1.12 bits per heavy atom. The third-order valence-electron chi connectivity index (χ3n) is 3.03. The molecule has 0 saturated heterocycles. The van der Waals surface area contributed by atoms with E-state index >= 15 is 0 Å². The van der Waals surface area contributed by atoms with Gasteiger partial charge in [-0.1, -0.05) is 11.6 Å². The number of carboxylic acids is 1. The number of rotatable bonds is 4. The maximum atomic E-state index is 12.8. The summed E-state index contributed by atoms with van der Waals surface area (Å²) in [7, 11) is -4.43. The van der Waals surface area contributed by atoms with E-state index in [1.54, 1.807) is 0 Å². The average Bonchev–Trinajstić information content (AvgIpc) is 2.45. The number of carbonyl (C=O) groups is 1. The van der Waals surface area contributed by atoms with Gasteiger partial charge in [-0.15, -0.1) is 0 Å². The number of anilines is 1. The van der Waals surface area contributed by atoms with Crippen molar-refractivity contribution in [2.75, 3.05) is 4.72 Å². The molecule has 11 heteroatoms. The molecule has 0 fully saturated rings. The van der Waals surface area contributed by atoms with Crippen LogP contribution in [-0.4, -0.2) is 24.6 Å². The number of hydrogen-bond acceptors (Lipinski definition) is 4. The first-order valence-corrected chi connectivity index (χ1v) is 8.24. The zero-order valence-corrected chi connectivity index (χ0v) is 13.6. The number of benzene rings is 2. The number of sulfonamides is 1. The van der Waals surface area contributed by atoms with Gasteiger partial charge in [0.25, 0.3) is 10.0 Å². The molecule has 6 nitrogen and oxygen atoms in total. The van der Waals surface area contributed by atoms with Gasteiger partial charge in [-0.05, 0) is 30.3 Å². The quantitative estimate of drug-likeness (QED) is 0.734. The molecule has 2 rings (SSSR count). The van der Waals surface area contributed by atoms with Crippen LogP contribution in [0.2, 0.25) is 5.02 Å². The molecule has 0 unspecified atom stereocenters. The molecule has 0 heterocycles. The van der Waals surface area contributed by atoms with E-state index in [9.17, 15) is 31.5 Å². The number of aromatic hydroxyl groups is 1. The van der Waals surface area contributed by atoms with E-state index in [0.717, 1.165) is 30.3 Å². The van der Waals surface area contributed by atoms with Crippen LogP contribution in [0.15, 0.2) is 41.3 Å². The van der Waals surface area contributed by atoms with E-state index in [1.807, 2.05) is 4.72 Å². The monoisotopic (exact) mass is 395 g/mol. The molecular formula is C14H9ClF3NO5S. The summed E-state index contributed by atoms with van der Waals surface area (Å²) >= 11 is 5.44. The average molecular weight is 396 g/mol. The van der Waals surface area contributed by atoms with Gasteiger partial charge in [-0.2, -0.15) is 13.2 Å². The SMILES string of the molecule is O=C(O)c1ccc(NS(=O)(=O)c2ccc(Cl)c(C(F)(F)F)c2)cc1O. The molecule has 0 atom stereocenters. The van der Waals surface area contributed by atoms with Gasteiger partial charge < -0.3 is 10.2 Å². The van der Waals surface area contributed by atoms with Crippen molar-refractivity contribution in [3.05, 3.63) is 52.5 Å². The van der Waals surface area contributed by atoms with Crippen molar-refractivity contribution in [2.24, 2.45) is 0 Å². The summed E-state index contributed by atoms with van der Waals surface area (Å²) in [4.78, 5) is 10.1. The van der Waals surface area contributed by atoms with E-state index in [2.05, 4.69) is 0 Å². The predicted molar refractivity (Wildman–Crippen MR) is 82.3 cm³/mol. The van der Waals surface area contributed by atoms with E-state index in [1.165, 1.54) is 0 Å². The number of halogens is 4. The summed E-state index contributed by atoms with van der Waals surface area (Å²) in [5.41, 5.74) is -2.01. The lowest BCUT2D eigenvalue weighted by atomic mass is 10.2. The Kier molecular flexibility index (Phi) is 4.87. The Balaban J connectivity index is 2.40. The highest BCUT2D eigenvalue weighted by Gasteiger charge is 2.34. The third kappa shape index (κ3) is 4.15. The van der Waals surface area contributed by atoms with Crippen LogP contribution in [0.5, 0.6) is 5.75 Å². The second-order valence-electron chi connectivity index (χ2n) is 4.78. The first-order valence-electron chi connectivity index (χ1n) is 6.37. The van der Waals surface area contributed by atoms with E-state index in [0.29, 0.717) is 6.07 Å². The molecule has 2 aromatic rings. The van der Waals surface area contributed by atoms with Gasteiger partial charge in [-0.3, -0.25) is 4.72 Å². The van der Waals surface area contributed by atoms with Crippen molar-refractivity contribution in [1.82, 2.24) is 0 Å². The Bertz CT molecular complexity index is 944. The summed E-state index contributed by atoms with van der Waals surface area (Å²) in [6.45, 7) is 0. The molecule has 2 aromatic carbocycles. The Morgan fingerprint density at radius 2 is 1.76 bits per heavy atom. The molecule has 25 heavy (non-hydrogen) atoms. The Morgan fingerprint density at radius 3 is 2.28 bits per heavy atom. The molecule has 0 bridgehead atoms. The van der Waals surface area contributed by atoms with Crippen molar-refractivity contribution in [3.8, 4) is 5.75 Å². The molecule has 0 radical (unpaired) electrons. The lowest BCUT2D eigenvalue weighted by molar-refractivity contribution is -0.137. The summed E-state index contributed by atoms with van der Waals surface area (Å²) in [6.07, 6.45) is -4.84. The zero-order chi connectivity index (χ0) is 19.0. The van der Waals surface area contributed by atoms with Crippen molar-refractivity contribution in [1.29, 1.82) is 0 Å². The highest BCUT2D eigenvalue weighted by Crippen LogP contribution is 2.36. The van der Waals surface area contributed by atoms with Crippen LogP contribution in [-0.2, 0) is 16.2 Å². The number of aromatic carboxylic acids is 1. The van der Waals surface area contributed by atoms with Crippen molar-refractivity contribution in [2.45, 2.75) is 11.1 Å². The van der Waals surface area contributed by atoms with Gasteiger partial charge in [-0.25, -0.2) is 13.2 Å². The minimum Gasteiger partial charge on any atom is -0.507 e. The standard InChI is InChI=1S/C14H9ClF3NO5S/c15-11-4-2-8(6-10(11)14(16,17)18)25(23,24)19-7-1-3-9(13(21)22)12(20)5-7/h1-6,19-20H,(H,21,22). The summed E-state index contributed by atoms with van der Waals surface area (Å²) < 4.78 is 64.8. The van der Waals surface area contributed by atoms with Crippen molar-refractivity contribution >= 4 is 33.3 Å². The molecule has 0 spiro atoms. The first kappa shape index (κ1) is 18.9. The molecule has 0 aliphatic carbocycles. The lowest BCUT2D eigenvalue weighted by Gasteiger charge is -2.13. The number of alkyl halides is 3. The minimum absolute atomic E-state index is 0.231. The van der Waals surface area contributed by atoms with Crippen LogP contribution < -0.4 is 4.72 Å². The second-order valence-corrected chi connectivity index (χ2v) is 6.87. The molecule has 134 valence electrons. The second kappa shape index (κ2) is 6.45.